The minimum absolute atomic E-state index is 0.0963. The van der Waals surface area contributed by atoms with Gasteiger partial charge in [-0.15, -0.1) is 11.8 Å². The Labute approximate surface area is 172 Å². The lowest BCUT2D eigenvalue weighted by Crippen LogP contribution is -2.10. The van der Waals surface area contributed by atoms with E-state index in [9.17, 15) is 14.9 Å². The standard InChI is InChI=1S/C22H19NO5S/c24-22(28-18-9-7-15-4-1-2-5-16(15)12-18)17-8-10-21(20(13-17)23(25)26)29-14-19-6-3-11-27-19/h1-2,4-5,7-10,12-13,19H,3,6,11,14H2/t19-/m0/s1. The monoisotopic (exact) mass is 409 g/mol. The number of hydrogen-bond donors (Lipinski definition) is 0. The van der Waals surface area contributed by atoms with Crippen LogP contribution in [0, 0.1) is 10.1 Å². The van der Waals surface area contributed by atoms with Crippen LogP contribution < -0.4 is 4.74 Å². The smallest absolute Gasteiger partial charge is 0.343 e. The van der Waals surface area contributed by atoms with E-state index in [0.29, 0.717) is 16.4 Å². The molecule has 0 N–H and O–H groups in total. The average molecular weight is 409 g/mol. The molecular weight excluding hydrogens is 390 g/mol. The van der Waals surface area contributed by atoms with Gasteiger partial charge in [-0.1, -0.05) is 30.3 Å². The van der Waals surface area contributed by atoms with Gasteiger partial charge in [-0.2, -0.15) is 0 Å². The Kier molecular flexibility index (Phi) is 5.78. The predicted octanol–water partition coefficient (Wildman–Crippen LogP) is 5.24. The van der Waals surface area contributed by atoms with Gasteiger partial charge in [-0.25, -0.2) is 4.79 Å². The molecule has 6 nitrogen and oxygen atoms in total. The van der Waals surface area contributed by atoms with Gasteiger partial charge in [0, 0.05) is 18.4 Å². The Balaban J connectivity index is 1.51. The van der Waals surface area contributed by atoms with Gasteiger partial charge >= 0.3 is 5.97 Å². The van der Waals surface area contributed by atoms with Gasteiger partial charge in [0.25, 0.3) is 5.69 Å². The van der Waals surface area contributed by atoms with Crippen molar-refractivity contribution < 1.29 is 19.2 Å². The van der Waals surface area contributed by atoms with Crippen molar-refractivity contribution in [2.45, 2.75) is 23.8 Å². The lowest BCUT2D eigenvalue weighted by molar-refractivity contribution is -0.387. The van der Waals surface area contributed by atoms with Crippen molar-refractivity contribution in [2.75, 3.05) is 12.4 Å². The molecular formula is C22H19NO5S. The van der Waals surface area contributed by atoms with Crippen molar-refractivity contribution in [1.29, 1.82) is 0 Å². The lowest BCUT2D eigenvalue weighted by Gasteiger charge is -2.10. The third-order valence-electron chi connectivity index (χ3n) is 4.77. The molecule has 1 aliphatic rings. The number of benzene rings is 3. The molecule has 29 heavy (non-hydrogen) atoms. The van der Waals surface area contributed by atoms with Crippen molar-refractivity contribution in [1.82, 2.24) is 0 Å². The van der Waals surface area contributed by atoms with E-state index in [1.807, 2.05) is 30.3 Å². The third kappa shape index (κ3) is 4.58. The number of nitrogens with zero attached hydrogens (tertiary/aromatic N) is 1. The first-order chi connectivity index (χ1) is 14.1. The van der Waals surface area contributed by atoms with Crippen LogP contribution in [0.2, 0.25) is 0 Å². The Morgan fingerprint density at radius 2 is 1.97 bits per heavy atom. The number of rotatable bonds is 6. The van der Waals surface area contributed by atoms with Gasteiger partial charge in [-0.3, -0.25) is 10.1 Å². The van der Waals surface area contributed by atoms with E-state index in [0.717, 1.165) is 30.2 Å². The summed E-state index contributed by atoms with van der Waals surface area (Å²) < 4.78 is 11.0. The number of carbonyl (C=O) groups excluding carboxylic acids is 1. The molecule has 0 radical (unpaired) electrons. The molecule has 3 aromatic carbocycles. The Morgan fingerprint density at radius 1 is 1.14 bits per heavy atom. The molecule has 0 saturated carbocycles. The van der Waals surface area contributed by atoms with Crippen molar-refractivity contribution in [3.63, 3.8) is 0 Å². The van der Waals surface area contributed by atoms with E-state index >= 15 is 0 Å². The van der Waals surface area contributed by atoms with E-state index in [1.54, 1.807) is 24.3 Å². The Hall–Kier alpha value is -2.90. The number of fused-ring (bicyclic) bond motifs is 1. The van der Waals surface area contributed by atoms with Crippen LogP contribution in [0.15, 0.2) is 65.6 Å². The van der Waals surface area contributed by atoms with Crippen molar-refractivity contribution >= 4 is 34.2 Å². The highest BCUT2D eigenvalue weighted by molar-refractivity contribution is 7.99. The van der Waals surface area contributed by atoms with E-state index in [2.05, 4.69) is 0 Å². The molecule has 1 atom stereocenters. The molecule has 0 aromatic heterocycles. The number of carbonyl (C=O) groups is 1. The van der Waals surface area contributed by atoms with E-state index < -0.39 is 10.9 Å². The first-order valence-electron chi connectivity index (χ1n) is 9.34. The van der Waals surface area contributed by atoms with Crippen LogP contribution in [0.5, 0.6) is 5.75 Å². The second kappa shape index (κ2) is 8.63. The summed E-state index contributed by atoms with van der Waals surface area (Å²) in [4.78, 5) is 24.1. The fourth-order valence-corrected chi connectivity index (χ4v) is 4.34. The zero-order valence-electron chi connectivity index (χ0n) is 15.6. The minimum Gasteiger partial charge on any atom is -0.423 e. The van der Waals surface area contributed by atoms with Gasteiger partial charge in [0.1, 0.15) is 5.75 Å². The SMILES string of the molecule is O=C(Oc1ccc2ccccc2c1)c1ccc(SC[C@@H]2CCCO2)c([N+](=O)[O-])c1. The zero-order valence-corrected chi connectivity index (χ0v) is 16.4. The average Bonchev–Trinajstić information content (AvgIpc) is 3.25. The summed E-state index contributed by atoms with van der Waals surface area (Å²) in [6, 6.07) is 17.5. The van der Waals surface area contributed by atoms with Gasteiger partial charge in [0.15, 0.2) is 0 Å². The molecule has 1 aliphatic heterocycles. The van der Waals surface area contributed by atoms with Crippen molar-refractivity contribution in [3.8, 4) is 5.75 Å². The summed E-state index contributed by atoms with van der Waals surface area (Å²) >= 11 is 1.38. The number of nitro groups is 1. The highest BCUT2D eigenvalue weighted by Crippen LogP contribution is 2.32. The summed E-state index contributed by atoms with van der Waals surface area (Å²) in [5, 5.41) is 13.5. The predicted molar refractivity (Wildman–Crippen MR) is 112 cm³/mol. The fourth-order valence-electron chi connectivity index (χ4n) is 3.26. The number of ether oxygens (including phenoxy) is 2. The molecule has 1 heterocycles. The second-order valence-corrected chi connectivity index (χ2v) is 7.85. The maximum absolute atomic E-state index is 12.5. The molecule has 0 spiro atoms. The van der Waals surface area contributed by atoms with Crippen LogP contribution in [0.25, 0.3) is 10.8 Å². The van der Waals surface area contributed by atoms with Gasteiger partial charge in [0.05, 0.1) is 21.5 Å². The maximum atomic E-state index is 12.5. The fraction of sp³-hybridized carbons (Fsp3) is 0.227. The number of hydrogen-bond acceptors (Lipinski definition) is 6. The van der Waals surface area contributed by atoms with Crippen LogP contribution in [-0.4, -0.2) is 29.4 Å². The molecule has 1 fully saturated rings. The van der Waals surface area contributed by atoms with Crippen molar-refractivity contribution in [2.24, 2.45) is 0 Å². The zero-order chi connectivity index (χ0) is 20.2. The first-order valence-corrected chi connectivity index (χ1v) is 10.3. The molecule has 0 aliphatic carbocycles. The molecule has 3 aromatic rings. The van der Waals surface area contributed by atoms with Crippen molar-refractivity contribution in [3.05, 3.63) is 76.3 Å². The third-order valence-corrected chi connectivity index (χ3v) is 5.97. The molecule has 148 valence electrons. The number of esters is 1. The van der Waals surface area contributed by atoms with E-state index in [4.69, 9.17) is 9.47 Å². The highest BCUT2D eigenvalue weighted by Gasteiger charge is 2.22. The molecule has 0 bridgehead atoms. The maximum Gasteiger partial charge on any atom is 0.343 e. The summed E-state index contributed by atoms with van der Waals surface area (Å²) in [5.74, 6) is 0.425. The normalized spacial score (nSPS) is 16.1. The molecule has 7 heteroatoms. The molecule has 0 amide bonds. The first kappa shape index (κ1) is 19.4. The molecule has 4 rings (SSSR count). The van der Waals surface area contributed by atoms with Gasteiger partial charge in [0.2, 0.25) is 0 Å². The number of thioether (sulfide) groups is 1. The topological polar surface area (TPSA) is 78.7 Å². The largest absolute Gasteiger partial charge is 0.423 e. The van der Waals surface area contributed by atoms with Gasteiger partial charge in [-0.05, 0) is 47.9 Å². The summed E-state index contributed by atoms with van der Waals surface area (Å²) in [5.41, 5.74) is 0.0484. The molecule has 0 unspecified atom stereocenters. The van der Waals surface area contributed by atoms with Crippen LogP contribution in [0.3, 0.4) is 0 Å². The second-order valence-electron chi connectivity index (χ2n) is 6.78. The summed E-state index contributed by atoms with van der Waals surface area (Å²) in [6.07, 6.45) is 2.11. The van der Waals surface area contributed by atoms with Gasteiger partial charge < -0.3 is 9.47 Å². The van der Waals surface area contributed by atoms with E-state index in [1.165, 1.54) is 17.8 Å². The molecule has 1 saturated heterocycles. The Morgan fingerprint density at radius 3 is 2.72 bits per heavy atom. The van der Waals surface area contributed by atoms with Crippen LogP contribution in [0.1, 0.15) is 23.2 Å². The van der Waals surface area contributed by atoms with Crippen LogP contribution in [0.4, 0.5) is 5.69 Å². The van der Waals surface area contributed by atoms with E-state index in [-0.39, 0.29) is 17.4 Å². The highest BCUT2D eigenvalue weighted by atomic mass is 32.2. The minimum atomic E-state index is -0.626. The lowest BCUT2D eigenvalue weighted by atomic mass is 10.1. The van der Waals surface area contributed by atoms with Crippen LogP contribution in [-0.2, 0) is 4.74 Å². The van der Waals surface area contributed by atoms with Crippen LogP contribution >= 0.6 is 11.8 Å². The summed E-state index contributed by atoms with van der Waals surface area (Å²) in [6.45, 7) is 0.743. The number of nitro benzene ring substituents is 1. The quantitative estimate of drug-likeness (QED) is 0.182. The summed E-state index contributed by atoms with van der Waals surface area (Å²) in [7, 11) is 0. The Bertz CT molecular complexity index is 1060.